The molecule has 1 heterocycles. The molecular weight excluding hydrogens is 444 g/mol. The van der Waals surface area contributed by atoms with Crippen LogP contribution in [0.5, 0.6) is 0 Å². The molecule has 6 heteroatoms. The lowest BCUT2D eigenvalue weighted by atomic mass is 9.99. The van der Waals surface area contributed by atoms with E-state index in [0.29, 0.717) is 0 Å². The Balaban J connectivity index is 1.30. The molecule has 0 aromatic heterocycles. The van der Waals surface area contributed by atoms with Crippen LogP contribution in [0.4, 0.5) is 11.4 Å². The number of amides is 1. The third-order valence-electron chi connectivity index (χ3n) is 6.39. The molecule has 4 rings (SSSR count). The average molecular weight is 477 g/mol. The van der Waals surface area contributed by atoms with Gasteiger partial charge in [0.2, 0.25) is 5.91 Å². The Morgan fingerprint density at radius 1 is 0.971 bits per heavy atom. The van der Waals surface area contributed by atoms with Crippen LogP contribution in [0.3, 0.4) is 0 Å². The molecule has 0 unspecified atom stereocenters. The molecule has 0 atom stereocenters. The van der Waals surface area contributed by atoms with E-state index in [2.05, 4.69) is 47.5 Å². The highest BCUT2D eigenvalue weighted by molar-refractivity contribution is 7.91. The number of hydrogen-bond acceptors (Lipinski definition) is 4. The van der Waals surface area contributed by atoms with Crippen LogP contribution in [0.2, 0.25) is 0 Å². The predicted octanol–water partition coefficient (Wildman–Crippen LogP) is 4.97. The molecule has 0 radical (unpaired) electrons. The Bertz CT molecular complexity index is 1250. The topological polar surface area (TPSA) is 66.5 Å². The van der Waals surface area contributed by atoms with Gasteiger partial charge in [-0.1, -0.05) is 48.9 Å². The fourth-order valence-electron chi connectivity index (χ4n) is 4.43. The van der Waals surface area contributed by atoms with Crippen molar-refractivity contribution in [2.45, 2.75) is 44.4 Å². The van der Waals surface area contributed by atoms with Crippen LogP contribution in [0.15, 0.2) is 71.6 Å². The van der Waals surface area contributed by atoms with E-state index in [1.807, 2.05) is 12.1 Å². The summed E-state index contributed by atoms with van der Waals surface area (Å²) in [5.74, 6) is -0.0625. The summed E-state index contributed by atoms with van der Waals surface area (Å²) in [6.45, 7) is 5.84. The summed E-state index contributed by atoms with van der Waals surface area (Å²) < 4.78 is 23.8. The van der Waals surface area contributed by atoms with Crippen molar-refractivity contribution in [1.82, 2.24) is 0 Å². The molecule has 0 saturated carbocycles. The first-order valence-corrected chi connectivity index (χ1v) is 13.5. The zero-order valence-corrected chi connectivity index (χ0v) is 20.7. The fourth-order valence-corrected chi connectivity index (χ4v) is 5.31. The molecule has 1 aliphatic rings. The van der Waals surface area contributed by atoms with E-state index in [-0.39, 0.29) is 23.0 Å². The maximum Gasteiger partial charge on any atom is 0.228 e. The molecule has 34 heavy (non-hydrogen) atoms. The van der Waals surface area contributed by atoms with Crippen LogP contribution in [-0.4, -0.2) is 33.2 Å². The Morgan fingerprint density at radius 2 is 1.68 bits per heavy atom. The summed E-state index contributed by atoms with van der Waals surface area (Å²) in [7, 11) is -3.23. The number of nitrogens with zero attached hydrogens (tertiary/aromatic N) is 1. The third-order valence-corrected chi connectivity index (χ3v) is 8.14. The largest absolute Gasteiger partial charge is 0.371 e. The predicted molar refractivity (Wildman–Crippen MR) is 138 cm³/mol. The SMILES string of the molecule is CCS(=O)(=O)c1ccc(CC(=O)Nc2ccc(CCN3CCCc4cc(C)ccc43)cc2)cc1. The summed E-state index contributed by atoms with van der Waals surface area (Å²) in [6, 6.07) is 21.3. The second-order valence-electron chi connectivity index (χ2n) is 8.94. The summed E-state index contributed by atoms with van der Waals surface area (Å²) in [4.78, 5) is 15.2. The second kappa shape index (κ2) is 10.4. The molecule has 0 bridgehead atoms. The van der Waals surface area contributed by atoms with Gasteiger partial charge in [-0.15, -0.1) is 0 Å². The van der Waals surface area contributed by atoms with Gasteiger partial charge in [-0.05, 0) is 73.2 Å². The van der Waals surface area contributed by atoms with Gasteiger partial charge in [-0.2, -0.15) is 0 Å². The zero-order valence-electron chi connectivity index (χ0n) is 19.9. The Morgan fingerprint density at radius 3 is 2.38 bits per heavy atom. The molecule has 5 nitrogen and oxygen atoms in total. The Labute approximate surface area is 202 Å². The standard InChI is InChI=1S/C28H32N2O3S/c1-3-34(32,33)26-13-9-23(10-14-26)20-28(31)29-25-11-7-22(8-12-25)16-18-30-17-4-5-24-19-21(2)6-15-27(24)30/h6-15,19H,3-5,16-18,20H2,1-2H3,(H,29,31). The van der Waals surface area contributed by atoms with Crippen LogP contribution in [0, 0.1) is 6.92 Å². The van der Waals surface area contributed by atoms with E-state index in [1.165, 1.54) is 28.8 Å². The van der Waals surface area contributed by atoms with Gasteiger partial charge >= 0.3 is 0 Å². The molecule has 1 N–H and O–H groups in total. The van der Waals surface area contributed by atoms with Gasteiger partial charge < -0.3 is 10.2 Å². The quantitative estimate of drug-likeness (QED) is 0.499. The molecule has 0 aliphatic carbocycles. The minimum absolute atomic E-state index is 0.0633. The van der Waals surface area contributed by atoms with Crippen molar-refractivity contribution in [2.75, 3.05) is 29.1 Å². The van der Waals surface area contributed by atoms with Gasteiger partial charge in [0.05, 0.1) is 17.1 Å². The number of nitrogens with one attached hydrogen (secondary N) is 1. The van der Waals surface area contributed by atoms with Crippen molar-refractivity contribution in [3.05, 3.63) is 89.0 Å². The number of carbonyl (C=O) groups excluding carboxylic acids is 1. The lowest BCUT2D eigenvalue weighted by Crippen LogP contribution is -2.31. The van der Waals surface area contributed by atoms with Crippen molar-refractivity contribution < 1.29 is 13.2 Å². The highest BCUT2D eigenvalue weighted by Gasteiger charge is 2.16. The average Bonchev–Trinajstić information content (AvgIpc) is 2.83. The zero-order chi connectivity index (χ0) is 24.1. The molecule has 1 aliphatic heterocycles. The number of rotatable bonds is 8. The normalized spacial score (nSPS) is 13.4. The third kappa shape index (κ3) is 5.86. The summed E-state index contributed by atoms with van der Waals surface area (Å²) >= 11 is 0. The van der Waals surface area contributed by atoms with E-state index in [4.69, 9.17) is 0 Å². The first-order chi connectivity index (χ1) is 16.3. The Kier molecular flexibility index (Phi) is 7.37. The van der Waals surface area contributed by atoms with Crippen LogP contribution >= 0.6 is 0 Å². The van der Waals surface area contributed by atoms with Crippen LogP contribution in [0.25, 0.3) is 0 Å². The van der Waals surface area contributed by atoms with E-state index in [1.54, 1.807) is 31.2 Å². The highest BCUT2D eigenvalue weighted by Crippen LogP contribution is 2.28. The first-order valence-electron chi connectivity index (χ1n) is 11.9. The number of fused-ring (bicyclic) bond motifs is 1. The number of aryl methyl sites for hydroxylation is 2. The number of anilines is 2. The maximum absolute atomic E-state index is 12.4. The molecule has 3 aromatic rings. The molecule has 0 saturated heterocycles. The number of sulfone groups is 1. The van der Waals surface area contributed by atoms with Gasteiger partial charge in [0.25, 0.3) is 0 Å². The van der Waals surface area contributed by atoms with Crippen LogP contribution in [0.1, 0.15) is 35.6 Å². The summed E-state index contributed by atoms with van der Waals surface area (Å²) in [5, 5.41) is 2.93. The van der Waals surface area contributed by atoms with Crippen molar-refractivity contribution in [3.8, 4) is 0 Å². The van der Waals surface area contributed by atoms with Crippen LogP contribution in [-0.2, 0) is 33.9 Å². The smallest absolute Gasteiger partial charge is 0.228 e. The van der Waals surface area contributed by atoms with Gasteiger partial charge in [0.1, 0.15) is 0 Å². The van der Waals surface area contributed by atoms with E-state index >= 15 is 0 Å². The van der Waals surface area contributed by atoms with E-state index in [0.717, 1.165) is 37.2 Å². The second-order valence-corrected chi connectivity index (χ2v) is 11.2. The summed E-state index contributed by atoms with van der Waals surface area (Å²) in [5.41, 5.74) is 6.91. The first kappa shape index (κ1) is 24.0. The highest BCUT2D eigenvalue weighted by atomic mass is 32.2. The van der Waals surface area contributed by atoms with Crippen molar-refractivity contribution in [2.24, 2.45) is 0 Å². The maximum atomic E-state index is 12.4. The van der Waals surface area contributed by atoms with E-state index < -0.39 is 9.84 Å². The molecule has 178 valence electrons. The van der Waals surface area contributed by atoms with Crippen molar-refractivity contribution in [3.63, 3.8) is 0 Å². The van der Waals surface area contributed by atoms with Crippen molar-refractivity contribution >= 4 is 27.1 Å². The van der Waals surface area contributed by atoms with E-state index in [9.17, 15) is 13.2 Å². The van der Waals surface area contributed by atoms with Gasteiger partial charge in [0.15, 0.2) is 9.84 Å². The molecule has 1 amide bonds. The van der Waals surface area contributed by atoms with Crippen molar-refractivity contribution in [1.29, 1.82) is 0 Å². The monoisotopic (exact) mass is 476 g/mol. The fraction of sp³-hybridized carbons (Fsp3) is 0.321. The Hall–Kier alpha value is -3.12. The van der Waals surface area contributed by atoms with Gasteiger partial charge in [0, 0.05) is 24.5 Å². The minimum Gasteiger partial charge on any atom is -0.371 e. The molecule has 0 fully saturated rings. The molecule has 3 aromatic carbocycles. The molecule has 0 spiro atoms. The minimum atomic E-state index is -3.23. The number of carbonyl (C=O) groups is 1. The van der Waals surface area contributed by atoms with Crippen LogP contribution < -0.4 is 10.2 Å². The lowest BCUT2D eigenvalue weighted by Gasteiger charge is -2.31. The lowest BCUT2D eigenvalue weighted by molar-refractivity contribution is -0.115. The number of benzene rings is 3. The van der Waals surface area contributed by atoms with Gasteiger partial charge in [-0.3, -0.25) is 4.79 Å². The summed E-state index contributed by atoms with van der Waals surface area (Å²) in [6.07, 6.45) is 3.50. The number of hydrogen-bond donors (Lipinski definition) is 1. The van der Waals surface area contributed by atoms with Gasteiger partial charge in [-0.25, -0.2) is 8.42 Å². The molecular formula is C28H32N2O3S.